The van der Waals surface area contributed by atoms with Crippen molar-refractivity contribution in [1.82, 2.24) is 20.4 Å². The van der Waals surface area contributed by atoms with Gasteiger partial charge in [0, 0.05) is 52.8 Å². The van der Waals surface area contributed by atoms with Crippen LogP contribution in [0.25, 0.3) is 10.4 Å². The van der Waals surface area contributed by atoms with Gasteiger partial charge in [-0.25, -0.2) is 4.79 Å². The number of carbonyl (C=O) groups excluding carboxylic acids is 2. The normalized spacial score (nSPS) is 18.5. The van der Waals surface area contributed by atoms with Crippen molar-refractivity contribution in [3.05, 3.63) is 76.2 Å². The molecule has 0 spiro atoms. The molecule has 9 heteroatoms. The molecule has 3 N–H and O–H groups in total. The van der Waals surface area contributed by atoms with Crippen molar-refractivity contribution in [2.75, 3.05) is 51.1 Å². The lowest BCUT2D eigenvalue weighted by Gasteiger charge is -2.40. The molecule has 0 radical (unpaired) electrons. The van der Waals surface area contributed by atoms with Crippen molar-refractivity contribution in [3.8, 4) is 22.3 Å². The van der Waals surface area contributed by atoms with Crippen LogP contribution in [0.2, 0.25) is 0 Å². The van der Waals surface area contributed by atoms with E-state index in [4.69, 9.17) is 4.74 Å². The molecule has 1 aromatic heterocycles. The van der Waals surface area contributed by atoms with E-state index < -0.39 is 5.60 Å². The van der Waals surface area contributed by atoms with Crippen LogP contribution >= 0.6 is 11.3 Å². The maximum absolute atomic E-state index is 13.6. The summed E-state index contributed by atoms with van der Waals surface area (Å²) in [7, 11) is 0. The average Bonchev–Trinajstić information content (AvgIpc) is 3.61. The van der Waals surface area contributed by atoms with Crippen LogP contribution in [0.5, 0.6) is 0 Å². The van der Waals surface area contributed by atoms with E-state index in [2.05, 4.69) is 68.4 Å². The predicted molar refractivity (Wildman–Crippen MR) is 204 cm³/mol. The third kappa shape index (κ3) is 9.48. The molecule has 50 heavy (non-hydrogen) atoms. The number of hydrogen-bond donors (Lipinski definition) is 3. The van der Waals surface area contributed by atoms with E-state index in [1.807, 2.05) is 52.8 Å². The van der Waals surface area contributed by atoms with Gasteiger partial charge in [0.25, 0.3) is 5.91 Å². The average molecular weight is 696 g/mol. The second kappa shape index (κ2) is 16.0. The highest BCUT2D eigenvalue weighted by Crippen LogP contribution is 2.31. The summed E-state index contributed by atoms with van der Waals surface area (Å²) in [5.74, 6) is 8.34. The zero-order valence-corrected chi connectivity index (χ0v) is 31.1. The molecule has 2 amide bonds. The molecule has 0 bridgehead atoms. The van der Waals surface area contributed by atoms with Crippen LogP contribution in [0.4, 0.5) is 10.5 Å². The minimum absolute atomic E-state index is 0.106. The molecule has 8 nitrogen and oxygen atoms in total. The van der Waals surface area contributed by atoms with Crippen LogP contribution in [0.15, 0.2) is 53.9 Å². The molecule has 6 rings (SSSR count). The first-order chi connectivity index (χ1) is 24.0. The molecule has 0 unspecified atom stereocenters. The van der Waals surface area contributed by atoms with Gasteiger partial charge < -0.3 is 30.5 Å². The molecule has 3 aliphatic heterocycles. The molecule has 3 aromatic rings. The number of carbonyl (C=O) groups is 2. The summed E-state index contributed by atoms with van der Waals surface area (Å²) in [5.41, 5.74) is 5.09. The van der Waals surface area contributed by atoms with E-state index in [0.717, 1.165) is 72.9 Å². The number of aryl methyl sites for hydroxylation is 1. The third-order valence-corrected chi connectivity index (χ3v) is 10.9. The Kier molecular flexibility index (Phi) is 11.5. The molecule has 266 valence electrons. The smallest absolute Gasteiger partial charge is 0.410 e. The van der Waals surface area contributed by atoms with E-state index >= 15 is 0 Å². The lowest BCUT2D eigenvalue weighted by atomic mass is 9.93. The zero-order chi connectivity index (χ0) is 35.3. The van der Waals surface area contributed by atoms with Crippen molar-refractivity contribution >= 4 is 29.0 Å². The number of anilines is 1. The van der Waals surface area contributed by atoms with Crippen molar-refractivity contribution in [2.45, 2.75) is 78.0 Å². The number of ether oxygens (including phenoxy) is 1. The Morgan fingerprint density at radius 2 is 1.80 bits per heavy atom. The van der Waals surface area contributed by atoms with E-state index in [9.17, 15) is 9.59 Å². The Balaban J connectivity index is 1.07. The summed E-state index contributed by atoms with van der Waals surface area (Å²) >= 11 is 1.72. The minimum atomic E-state index is -0.516. The fraction of sp³-hybridized carbons (Fsp3) is 0.512. The van der Waals surface area contributed by atoms with E-state index in [1.165, 1.54) is 24.3 Å². The number of nitrogens with zero attached hydrogens (tertiary/aromatic N) is 2. The van der Waals surface area contributed by atoms with Gasteiger partial charge in [-0.15, -0.1) is 11.3 Å². The molecule has 4 heterocycles. The van der Waals surface area contributed by atoms with Gasteiger partial charge in [0.15, 0.2) is 0 Å². The Morgan fingerprint density at radius 1 is 1.04 bits per heavy atom. The van der Waals surface area contributed by atoms with Crippen LogP contribution in [0.1, 0.15) is 86.5 Å². The number of piperidine rings is 2. The maximum atomic E-state index is 13.6. The van der Waals surface area contributed by atoms with Crippen molar-refractivity contribution in [2.24, 2.45) is 11.8 Å². The summed E-state index contributed by atoms with van der Waals surface area (Å²) < 4.78 is 5.47. The largest absolute Gasteiger partial charge is 0.444 e. The maximum Gasteiger partial charge on any atom is 0.410 e. The Morgan fingerprint density at radius 3 is 2.50 bits per heavy atom. The summed E-state index contributed by atoms with van der Waals surface area (Å²) in [6.45, 7) is 16.6. The predicted octanol–water partition coefficient (Wildman–Crippen LogP) is 7.31. The SMILES string of the molecule is Cc1ccc(NC2CN(C(=O)OC(C)(C)C)C2)cc1C(=O)N[C@H](C)c1ccc(C#CC2CCN(CC3CCNCC3)CC2)c(-c2cccs2)c1. The van der Waals surface area contributed by atoms with E-state index in [0.29, 0.717) is 24.6 Å². The van der Waals surface area contributed by atoms with E-state index in [1.54, 1.807) is 16.2 Å². The highest BCUT2D eigenvalue weighted by molar-refractivity contribution is 7.13. The van der Waals surface area contributed by atoms with Gasteiger partial charge in [0.2, 0.25) is 0 Å². The summed E-state index contributed by atoms with van der Waals surface area (Å²) in [4.78, 5) is 31.5. The van der Waals surface area contributed by atoms with Crippen LogP contribution in [0.3, 0.4) is 0 Å². The van der Waals surface area contributed by atoms with Gasteiger partial charge in [0.05, 0.1) is 12.1 Å². The van der Waals surface area contributed by atoms with Crippen molar-refractivity contribution in [3.63, 3.8) is 0 Å². The molecule has 3 fully saturated rings. The summed E-state index contributed by atoms with van der Waals surface area (Å²) in [6, 6.07) is 16.4. The monoisotopic (exact) mass is 695 g/mol. The summed E-state index contributed by atoms with van der Waals surface area (Å²) in [6.07, 6.45) is 4.57. The Hall–Kier alpha value is -3.84. The minimum Gasteiger partial charge on any atom is -0.444 e. The van der Waals surface area contributed by atoms with Gasteiger partial charge in [-0.2, -0.15) is 0 Å². The molecule has 2 aromatic carbocycles. The first-order valence-electron chi connectivity index (χ1n) is 18.3. The van der Waals surface area contributed by atoms with Crippen LogP contribution in [-0.2, 0) is 4.74 Å². The molecular formula is C41H53N5O3S. The quantitative estimate of drug-likeness (QED) is 0.215. The number of thiophene rings is 1. The highest BCUT2D eigenvalue weighted by atomic mass is 32.1. The molecular weight excluding hydrogens is 643 g/mol. The molecule has 3 saturated heterocycles. The first kappa shape index (κ1) is 36.0. The van der Waals surface area contributed by atoms with Crippen LogP contribution in [0, 0.1) is 30.6 Å². The van der Waals surface area contributed by atoms with Crippen molar-refractivity contribution < 1.29 is 14.3 Å². The molecule has 0 saturated carbocycles. The zero-order valence-electron chi connectivity index (χ0n) is 30.3. The first-order valence-corrected chi connectivity index (χ1v) is 19.2. The molecule has 1 atom stereocenters. The number of benzene rings is 2. The van der Waals surface area contributed by atoms with Crippen LogP contribution < -0.4 is 16.0 Å². The fourth-order valence-electron chi connectivity index (χ4n) is 7.04. The summed E-state index contributed by atoms with van der Waals surface area (Å²) in [5, 5.41) is 12.3. The third-order valence-electron chi connectivity index (χ3n) is 10.0. The number of hydrogen-bond acceptors (Lipinski definition) is 7. The number of likely N-dealkylation sites (tertiary alicyclic amines) is 2. The standard InChI is InChI=1S/C41H53N5O3S/c1-28-8-13-34(44-35-26-46(27-35)40(48)49-41(3,4)5)24-36(28)39(47)43-29(2)33-12-11-32(37(23-33)38-7-6-22-50-38)10-9-30-16-20-45(21-17-30)25-31-14-18-42-19-15-31/h6-8,11-13,22-24,29-31,35,42,44H,14-21,25-27H2,1-5H3,(H,43,47)/t29-/m1/s1. The fourth-order valence-corrected chi connectivity index (χ4v) is 7.80. The lowest BCUT2D eigenvalue weighted by molar-refractivity contribution is 0.0105. The second-order valence-electron chi connectivity index (χ2n) is 15.3. The van der Waals surface area contributed by atoms with E-state index in [-0.39, 0.29) is 24.1 Å². The lowest BCUT2D eigenvalue weighted by Crippen LogP contribution is -2.57. The Labute approximate surface area is 302 Å². The number of rotatable bonds is 8. The number of amides is 2. The number of nitrogens with one attached hydrogen (secondary N) is 3. The van der Waals surface area contributed by atoms with Gasteiger partial charge in [0.1, 0.15) is 5.60 Å². The Bertz CT molecular complexity index is 1680. The molecule has 0 aliphatic carbocycles. The second-order valence-corrected chi connectivity index (χ2v) is 16.2. The topological polar surface area (TPSA) is 85.9 Å². The van der Waals surface area contributed by atoms with Crippen molar-refractivity contribution in [1.29, 1.82) is 0 Å². The van der Waals surface area contributed by atoms with Gasteiger partial charge in [-0.3, -0.25) is 4.79 Å². The highest BCUT2D eigenvalue weighted by Gasteiger charge is 2.34. The van der Waals surface area contributed by atoms with Gasteiger partial charge >= 0.3 is 6.09 Å². The molecule has 3 aliphatic rings. The van der Waals surface area contributed by atoms with Gasteiger partial charge in [-0.1, -0.05) is 30.0 Å². The van der Waals surface area contributed by atoms with Crippen LogP contribution in [-0.4, -0.2) is 79.3 Å². The van der Waals surface area contributed by atoms with Gasteiger partial charge in [-0.05, 0) is 139 Å².